The summed E-state index contributed by atoms with van der Waals surface area (Å²) < 4.78 is 0. The van der Waals surface area contributed by atoms with Gasteiger partial charge in [-0.3, -0.25) is 33.7 Å². The third-order valence-electron chi connectivity index (χ3n) is 12.5. The number of rotatable bonds is 14. The first-order valence-electron chi connectivity index (χ1n) is 19.7. The maximum atomic E-state index is 14.7. The molecule has 3 saturated carbocycles. The molecule has 0 aromatic carbocycles. The fourth-order valence-electron chi connectivity index (χ4n) is 8.90. The molecule has 4 N–H and O–H groups in total. The molecule has 5 rings (SSSR count). The number of carbonyl (C=O) groups is 7. The van der Waals surface area contributed by atoms with Gasteiger partial charge in [0, 0.05) is 32.5 Å². The van der Waals surface area contributed by atoms with Gasteiger partial charge in [-0.2, -0.15) is 0 Å². The number of carbonyl (C=O) groups excluding carboxylic acids is 7. The Morgan fingerprint density at radius 2 is 1.53 bits per heavy atom. The SMILES string of the molecule is C=CCNC(=O)C(=O)C(CC1CC1)NC(=O)[C@@H]1[C@@H]2[C@H](CN1C(=O)[C@@H](NC(=O)N[C@H](CN1C(=O)CC(C)(C)CC1=O)C(C)(C)C)C1CCCCC1)C2(C)C. The molecule has 2 aliphatic heterocycles. The van der Waals surface area contributed by atoms with Crippen LogP contribution in [0.4, 0.5) is 4.79 Å². The Kier molecular flexibility index (Phi) is 11.8. The van der Waals surface area contributed by atoms with E-state index in [2.05, 4.69) is 41.7 Å². The number of ketones is 1. The zero-order valence-electron chi connectivity index (χ0n) is 32.8. The summed E-state index contributed by atoms with van der Waals surface area (Å²) in [5.74, 6) is -2.76. The van der Waals surface area contributed by atoms with E-state index in [1.54, 1.807) is 4.90 Å². The molecule has 1 unspecified atom stereocenters. The Hall–Kier alpha value is -3.77. The fraction of sp³-hybridized carbons (Fsp3) is 0.775. The van der Waals surface area contributed by atoms with E-state index in [1.165, 1.54) is 11.0 Å². The molecule has 7 amide bonds. The quantitative estimate of drug-likeness (QED) is 0.120. The van der Waals surface area contributed by atoms with E-state index < -0.39 is 58.6 Å². The highest BCUT2D eigenvalue weighted by molar-refractivity contribution is 6.38. The summed E-state index contributed by atoms with van der Waals surface area (Å²) in [5, 5.41) is 11.4. The minimum Gasteiger partial charge on any atom is -0.346 e. The largest absolute Gasteiger partial charge is 0.346 e. The standard InChI is InChI=1S/C40H62N6O7/c1-9-17-41-35(51)33(49)26(18-23-15-16-23)42-34(50)32-30-25(40(30,7)8)21-46(32)36(52)31(24-13-11-10-12-14-24)44-37(53)43-27(38(2,3)4)22-45-28(47)19-39(5,6)20-29(45)48/h9,23-27,30-32H,1,10-22H2,2-8H3,(H,41,51)(H,42,50)(H2,43,44,53)/t25-,26?,27+,30-,31-,32-/m0/s1. The molecule has 294 valence electrons. The third-order valence-corrected chi connectivity index (χ3v) is 12.5. The number of fused-ring (bicyclic) bond motifs is 1. The molecule has 0 radical (unpaired) electrons. The molecule has 5 fully saturated rings. The highest BCUT2D eigenvalue weighted by Crippen LogP contribution is 2.65. The lowest BCUT2D eigenvalue weighted by atomic mass is 9.80. The van der Waals surface area contributed by atoms with Gasteiger partial charge in [0.15, 0.2) is 0 Å². The van der Waals surface area contributed by atoms with Gasteiger partial charge in [-0.1, -0.05) is 86.6 Å². The van der Waals surface area contributed by atoms with Crippen molar-refractivity contribution in [2.45, 2.75) is 137 Å². The topological polar surface area (TPSA) is 174 Å². The van der Waals surface area contributed by atoms with E-state index in [9.17, 15) is 33.6 Å². The van der Waals surface area contributed by atoms with Crippen molar-refractivity contribution >= 4 is 41.4 Å². The molecule has 5 aliphatic rings. The van der Waals surface area contributed by atoms with Crippen LogP contribution in [-0.2, 0) is 28.8 Å². The van der Waals surface area contributed by atoms with Crippen LogP contribution in [0.3, 0.4) is 0 Å². The number of hydrogen-bond donors (Lipinski definition) is 4. The first-order valence-corrected chi connectivity index (χ1v) is 19.7. The van der Waals surface area contributed by atoms with E-state index in [-0.39, 0.29) is 72.7 Å². The van der Waals surface area contributed by atoms with Crippen LogP contribution < -0.4 is 21.3 Å². The van der Waals surface area contributed by atoms with E-state index in [4.69, 9.17) is 0 Å². The van der Waals surface area contributed by atoms with Crippen LogP contribution in [0, 0.1) is 39.9 Å². The summed E-state index contributed by atoms with van der Waals surface area (Å²) in [5.41, 5.74) is -1.15. The molecule has 3 aliphatic carbocycles. The van der Waals surface area contributed by atoms with Gasteiger partial charge in [-0.25, -0.2) is 4.79 Å². The summed E-state index contributed by atoms with van der Waals surface area (Å²) in [6, 6.07) is -3.93. The molecular formula is C40H62N6O7. The summed E-state index contributed by atoms with van der Waals surface area (Å²) >= 11 is 0. The van der Waals surface area contributed by atoms with Gasteiger partial charge in [0.25, 0.3) is 5.91 Å². The van der Waals surface area contributed by atoms with Gasteiger partial charge in [0.05, 0.1) is 12.1 Å². The smallest absolute Gasteiger partial charge is 0.315 e. The lowest BCUT2D eigenvalue weighted by Crippen LogP contribution is -2.62. The predicted molar refractivity (Wildman–Crippen MR) is 199 cm³/mol. The number of nitrogens with zero attached hydrogens (tertiary/aromatic N) is 2. The fourth-order valence-corrected chi connectivity index (χ4v) is 8.90. The van der Waals surface area contributed by atoms with Crippen molar-refractivity contribution in [3.05, 3.63) is 12.7 Å². The Labute approximate surface area is 314 Å². The zero-order valence-corrected chi connectivity index (χ0v) is 32.8. The number of likely N-dealkylation sites (tertiary alicyclic amines) is 2. The molecule has 53 heavy (non-hydrogen) atoms. The molecule has 0 bridgehead atoms. The molecule has 13 heteroatoms. The molecule has 6 atom stereocenters. The normalized spacial score (nSPS) is 26.8. The Bertz CT molecular complexity index is 1470. The van der Waals surface area contributed by atoms with Crippen molar-refractivity contribution in [2.75, 3.05) is 19.6 Å². The first kappa shape index (κ1) is 40.4. The van der Waals surface area contributed by atoms with Crippen LogP contribution in [0.25, 0.3) is 0 Å². The summed E-state index contributed by atoms with van der Waals surface area (Å²) in [4.78, 5) is 97.7. The van der Waals surface area contributed by atoms with E-state index in [1.807, 2.05) is 34.6 Å². The van der Waals surface area contributed by atoms with Crippen LogP contribution in [0.5, 0.6) is 0 Å². The molecule has 2 saturated heterocycles. The highest BCUT2D eigenvalue weighted by Gasteiger charge is 2.70. The molecular weight excluding hydrogens is 676 g/mol. The molecule has 13 nitrogen and oxygen atoms in total. The number of amides is 7. The zero-order chi connectivity index (χ0) is 39.0. The molecule has 0 aromatic rings. The second-order valence-corrected chi connectivity index (χ2v) is 18.8. The van der Waals surface area contributed by atoms with Crippen LogP contribution in [0.2, 0.25) is 0 Å². The van der Waals surface area contributed by atoms with Gasteiger partial charge < -0.3 is 26.2 Å². The van der Waals surface area contributed by atoms with Crippen LogP contribution in [-0.4, -0.2) is 95.0 Å². The van der Waals surface area contributed by atoms with Crippen molar-refractivity contribution < 1.29 is 33.6 Å². The second kappa shape index (κ2) is 15.5. The van der Waals surface area contributed by atoms with Crippen molar-refractivity contribution in [3.8, 4) is 0 Å². The van der Waals surface area contributed by atoms with Crippen molar-refractivity contribution in [1.29, 1.82) is 0 Å². The average Bonchev–Trinajstić information content (AvgIpc) is 3.93. The van der Waals surface area contributed by atoms with Gasteiger partial charge in [-0.15, -0.1) is 6.58 Å². The molecule has 0 aromatic heterocycles. The second-order valence-electron chi connectivity index (χ2n) is 18.8. The van der Waals surface area contributed by atoms with Crippen molar-refractivity contribution in [1.82, 2.24) is 31.1 Å². The van der Waals surface area contributed by atoms with E-state index in [0.29, 0.717) is 13.0 Å². The minimum absolute atomic E-state index is 0.0197. The summed E-state index contributed by atoms with van der Waals surface area (Å²) in [7, 11) is 0. The van der Waals surface area contributed by atoms with Crippen molar-refractivity contribution in [3.63, 3.8) is 0 Å². The Morgan fingerprint density at radius 1 is 0.906 bits per heavy atom. The monoisotopic (exact) mass is 738 g/mol. The summed E-state index contributed by atoms with van der Waals surface area (Å²) in [6.07, 6.45) is 8.52. The first-order chi connectivity index (χ1) is 24.7. The Balaban J connectivity index is 1.34. The molecule has 2 heterocycles. The number of urea groups is 1. The maximum Gasteiger partial charge on any atom is 0.315 e. The summed E-state index contributed by atoms with van der Waals surface area (Å²) in [6.45, 7) is 17.8. The number of Topliss-reactive ketones (excluding diaryl/α,β-unsaturated/α-hetero) is 1. The Morgan fingerprint density at radius 3 is 2.09 bits per heavy atom. The third kappa shape index (κ3) is 9.31. The average molecular weight is 739 g/mol. The van der Waals surface area contributed by atoms with Gasteiger partial charge in [0.2, 0.25) is 29.4 Å². The number of imide groups is 1. The lowest BCUT2D eigenvalue weighted by Gasteiger charge is -2.40. The number of hydrogen-bond acceptors (Lipinski definition) is 7. The maximum absolute atomic E-state index is 14.7. The van der Waals surface area contributed by atoms with Crippen LogP contribution >= 0.6 is 0 Å². The van der Waals surface area contributed by atoms with Gasteiger partial charge in [0.1, 0.15) is 12.1 Å². The number of nitrogens with one attached hydrogen (secondary N) is 4. The van der Waals surface area contributed by atoms with Crippen molar-refractivity contribution in [2.24, 2.45) is 39.9 Å². The van der Waals surface area contributed by atoms with E-state index >= 15 is 0 Å². The van der Waals surface area contributed by atoms with E-state index in [0.717, 1.165) is 44.9 Å². The van der Waals surface area contributed by atoms with Crippen LogP contribution in [0.15, 0.2) is 12.7 Å². The van der Waals surface area contributed by atoms with Gasteiger partial charge in [-0.05, 0) is 59.2 Å². The molecule has 0 spiro atoms. The van der Waals surface area contributed by atoms with Crippen LogP contribution in [0.1, 0.15) is 113 Å². The van der Waals surface area contributed by atoms with Gasteiger partial charge >= 0.3 is 6.03 Å². The lowest BCUT2D eigenvalue weighted by molar-refractivity contribution is -0.153. The number of piperidine rings is 2. The predicted octanol–water partition coefficient (Wildman–Crippen LogP) is 3.46. The highest BCUT2D eigenvalue weighted by atomic mass is 16.2. The minimum atomic E-state index is -1.00.